The lowest BCUT2D eigenvalue weighted by Crippen LogP contribution is -2.24. The van der Waals surface area contributed by atoms with Gasteiger partial charge in [-0.05, 0) is 24.6 Å². The van der Waals surface area contributed by atoms with E-state index in [2.05, 4.69) is 33.4 Å². The first kappa shape index (κ1) is 12.6. The van der Waals surface area contributed by atoms with E-state index in [1.807, 2.05) is 19.1 Å². The van der Waals surface area contributed by atoms with Gasteiger partial charge in [0.15, 0.2) is 0 Å². The van der Waals surface area contributed by atoms with E-state index in [4.69, 9.17) is 0 Å². The summed E-state index contributed by atoms with van der Waals surface area (Å²) in [5.74, 6) is 1.52. The summed E-state index contributed by atoms with van der Waals surface area (Å²) in [7, 11) is 0. The fourth-order valence-electron chi connectivity index (χ4n) is 1.09. The molecule has 82 valence electrons. The number of amides is 1. The van der Waals surface area contributed by atoms with Crippen LogP contribution in [0.2, 0.25) is 0 Å². The lowest BCUT2D eigenvalue weighted by molar-refractivity contribution is -0.118. The number of hydrogen-bond acceptors (Lipinski definition) is 2. The molecule has 0 aliphatic carbocycles. The lowest BCUT2D eigenvalue weighted by Gasteiger charge is -2.02. The average molecular weight is 288 g/mol. The summed E-state index contributed by atoms with van der Waals surface area (Å²) in [4.78, 5) is 11.1. The number of halogens is 1. The molecule has 0 spiro atoms. The molecule has 1 rings (SSSR count). The molecule has 0 aliphatic heterocycles. The predicted octanol–water partition coefficient (Wildman–Crippen LogP) is 2.82. The molecule has 0 unspecified atom stereocenters. The van der Waals surface area contributed by atoms with Crippen molar-refractivity contribution >= 4 is 33.6 Å². The van der Waals surface area contributed by atoms with Gasteiger partial charge >= 0.3 is 0 Å². The van der Waals surface area contributed by atoms with Gasteiger partial charge in [0.05, 0.1) is 5.75 Å². The molecule has 0 heterocycles. The normalized spacial score (nSPS) is 10.0. The zero-order valence-corrected chi connectivity index (χ0v) is 11.0. The summed E-state index contributed by atoms with van der Waals surface area (Å²) in [6, 6.07) is 8.16. The molecule has 1 amide bonds. The van der Waals surface area contributed by atoms with E-state index in [1.54, 1.807) is 11.8 Å². The monoisotopic (exact) mass is 287 g/mol. The molecule has 1 aromatic carbocycles. The predicted molar refractivity (Wildman–Crippen MR) is 69.0 cm³/mol. The van der Waals surface area contributed by atoms with Crippen LogP contribution in [0.15, 0.2) is 28.7 Å². The van der Waals surface area contributed by atoms with Gasteiger partial charge in [-0.25, -0.2) is 0 Å². The number of hydrogen-bond donors (Lipinski definition) is 1. The molecule has 4 heteroatoms. The average Bonchev–Trinajstić information content (AvgIpc) is 2.21. The molecule has 0 saturated heterocycles. The Kier molecular flexibility index (Phi) is 5.79. The van der Waals surface area contributed by atoms with E-state index >= 15 is 0 Å². The van der Waals surface area contributed by atoms with Crippen molar-refractivity contribution in [2.75, 3.05) is 12.3 Å². The first-order chi connectivity index (χ1) is 7.22. The van der Waals surface area contributed by atoms with Crippen LogP contribution in [0.3, 0.4) is 0 Å². The molecule has 0 aromatic heterocycles. The van der Waals surface area contributed by atoms with Crippen LogP contribution in [0.25, 0.3) is 0 Å². The van der Waals surface area contributed by atoms with Crippen LogP contribution >= 0.6 is 27.7 Å². The highest BCUT2D eigenvalue weighted by atomic mass is 79.9. The van der Waals surface area contributed by atoms with E-state index in [0.29, 0.717) is 12.3 Å². The summed E-state index contributed by atoms with van der Waals surface area (Å²) in [5, 5.41) is 2.77. The van der Waals surface area contributed by atoms with Crippen LogP contribution in [-0.4, -0.2) is 18.2 Å². The largest absolute Gasteiger partial charge is 0.356 e. The quantitative estimate of drug-likeness (QED) is 0.902. The fourth-order valence-corrected chi connectivity index (χ4v) is 2.17. The number of nitrogens with one attached hydrogen (secondary N) is 1. The molecule has 0 atom stereocenters. The Bertz CT molecular complexity index is 313. The maximum Gasteiger partial charge on any atom is 0.229 e. The van der Waals surface area contributed by atoms with Crippen molar-refractivity contribution in [2.24, 2.45) is 0 Å². The van der Waals surface area contributed by atoms with Gasteiger partial charge in [0.2, 0.25) is 5.91 Å². The number of thioether (sulfide) groups is 1. The molecule has 0 bridgehead atoms. The molecule has 1 aromatic rings. The van der Waals surface area contributed by atoms with Crippen LogP contribution in [0.4, 0.5) is 0 Å². The Morgan fingerprint density at radius 3 is 2.67 bits per heavy atom. The topological polar surface area (TPSA) is 29.1 Å². The van der Waals surface area contributed by atoms with Gasteiger partial charge in [-0.2, -0.15) is 0 Å². The zero-order chi connectivity index (χ0) is 11.1. The number of rotatable bonds is 5. The third-order valence-electron chi connectivity index (χ3n) is 1.79. The molecular weight excluding hydrogens is 274 g/mol. The second-order valence-corrected chi connectivity index (χ2v) is 4.97. The number of carbonyl (C=O) groups excluding carboxylic acids is 1. The minimum Gasteiger partial charge on any atom is -0.356 e. The summed E-state index contributed by atoms with van der Waals surface area (Å²) in [6.07, 6.45) is 0. The highest BCUT2D eigenvalue weighted by Crippen LogP contribution is 2.15. The molecule has 0 fully saturated rings. The van der Waals surface area contributed by atoms with Crippen molar-refractivity contribution in [2.45, 2.75) is 12.7 Å². The maximum absolute atomic E-state index is 11.1. The summed E-state index contributed by atoms with van der Waals surface area (Å²) in [5.41, 5.74) is 1.24. The Labute approximate surface area is 103 Å². The van der Waals surface area contributed by atoms with E-state index in [0.717, 1.165) is 10.2 Å². The van der Waals surface area contributed by atoms with Crippen LogP contribution < -0.4 is 5.32 Å². The Morgan fingerprint density at radius 2 is 2.07 bits per heavy atom. The van der Waals surface area contributed by atoms with Gasteiger partial charge in [0.25, 0.3) is 0 Å². The van der Waals surface area contributed by atoms with Gasteiger partial charge in [-0.1, -0.05) is 28.1 Å². The minimum absolute atomic E-state index is 0.111. The Hall–Kier alpha value is -0.480. The van der Waals surface area contributed by atoms with Gasteiger partial charge < -0.3 is 5.32 Å². The first-order valence-electron chi connectivity index (χ1n) is 4.81. The van der Waals surface area contributed by atoms with E-state index in [1.165, 1.54) is 5.56 Å². The second kappa shape index (κ2) is 6.90. The smallest absolute Gasteiger partial charge is 0.229 e. The fraction of sp³-hybridized carbons (Fsp3) is 0.364. The van der Waals surface area contributed by atoms with Crippen LogP contribution in [0.1, 0.15) is 12.5 Å². The SMILES string of the molecule is CCNC(=O)CSCc1ccc(Br)cc1. The van der Waals surface area contributed by atoms with Crippen LogP contribution in [0.5, 0.6) is 0 Å². The first-order valence-corrected chi connectivity index (χ1v) is 6.76. The van der Waals surface area contributed by atoms with E-state index in [9.17, 15) is 4.79 Å². The molecule has 1 N–H and O–H groups in total. The lowest BCUT2D eigenvalue weighted by atomic mass is 10.2. The Balaban J connectivity index is 2.26. The number of carbonyl (C=O) groups is 1. The molecule has 0 radical (unpaired) electrons. The van der Waals surface area contributed by atoms with Gasteiger partial charge in [0.1, 0.15) is 0 Å². The maximum atomic E-state index is 11.1. The third-order valence-corrected chi connectivity index (χ3v) is 3.32. The summed E-state index contributed by atoms with van der Waals surface area (Å²) < 4.78 is 1.08. The minimum atomic E-state index is 0.111. The molecule has 15 heavy (non-hydrogen) atoms. The summed E-state index contributed by atoms with van der Waals surface area (Å²) in [6.45, 7) is 2.63. The van der Waals surface area contributed by atoms with Crippen LogP contribution in [0, 0.1) is 0 Å². The standard InChI is InChI=1S/C11H14BrNOS/c1-2-13-11(14)8-15-7-9-3-5-10(12)6-4-9/h3-6H,2,7-8H2,1H3,(H,13,14). The van der Waals surface area contributed by atoms with Crippen molar-refractivity contribution in [3.05, 3.63) is 34.3 Å². The molecule has 2 nitrogen and oxygen atoms in total. The number of benzene rings is 1. The van der Waals surface area contributed by atoms with Gasteiger partial charge in [-0.15, -0.1) is 11.8 Å². The second-order valence-electron chi connectivity index (χ2n) is 3.07. The summed E-state index contributed by atoms with van der Waals surface area (Å²) >= 11 is 5.02. The van der Waals surface area contributed by atoms with Crippen molar-refractivity contribution in [1.82, 2.24) is 5.32 Å². The van der Waals surface area contributed by atoms with Crippen molar-refractivity contribution in [3.8, 4) is 0 Å². The molecular formula is C11H14BrNOS. The van der Waals surface area contributed by atoms with Crippen molar-refractivity contribution < 1.29 is 4.79 Å². The third kappa shape index (κ3) is 5.23. The highest BCUT2D eigenvalue weighted by Gasteiger charge is 1.99. The molecule has 0 aliphatic rings. The zero-order valence-electron chi connectivity index (χ0n) is 8.63. The van der Waals surface area contributed by atoms with E-state index in [-0.39, 0.29) is 5.91 Å². The molecule has 0 saturated carbocycles. The van der Waals surface area contributed by atoms with Crippen LogP contribution in [-0.2, 0) is 10.5 Å². The highest BCUT2D eigenvalue weighted by molar-refractivity contribution is 9.10. The van der Waals surface area contributed by atoms with Gasteiger partial charge in [-0.3, -0.25) is 4.79 Å². The Morgan fingerprint density at radius 1 is 1.40 bits per heavy atom. The van der Waals surface area contributed by atoms with E-state index < -0.39 is 0 Å². The van der Waals surface area contributed by atoms with Crippen molar-refractivity contribution in [3.63, 3.8) is 0 Å². The van der Waals surface area contributed by atoms with Gasteiger partial charge in [0, 0.05) is 16.8 Å². The van der Waals surface area contributed by atoms with Crippen molar-refractivity contribution in [1.29, 1.82) is 0 Å².